The number of allylic oxidation sites excluding steroid dienone is 2. The number of esters is 2. The van der Waals surface area contributed by atoms with Gasteiger partial charge >= 0.3 is 11.9 Å². The number of nitrogens with zero attached hydrogens (tertiary/aromatic N) is 2. The van der Waals surface area contributed by atoms with Crippen LogP contribution in [0.4, 0.5) is 0 Å². The molecule has 3 aromatic rings. The molecule has 0 amide bonds. The first-order chi connectivity index (χ1) is 26.2. The molecule has 54 heavy (non-hydrogen) atoms. The number of ether oxygens (including phenoxy) is 2. The number of aryl methyl sites for hydroxylation is 6. The van der Waals surface area contributed by atoms with Crippen LogP contribution in [0.25, 0.3) is 33.2 Å². The summed E-state index contributed by atoms with van der Waals surface area (Å²) in [4.78, 5) is 44.8. The maximum absolute atomic E-state index is 12.9. The molecule has 0 saturated heterocycles. The lowest BCUT2D eigenvalue weighted by Crippen LogP contribution is -2.09. The molecule has 0 saturated carbocycles. The topological polar surface area (TPSA) is 110 Å². The molecule has 2 aliphatic heterocycles. The van der Waals surface area contributed by atoms with Gasteiger partial charge in [0.05, 0.1) is 24.6 Å². The summed E-state index contributed by atoms with van der Waals surface area (Å²) in [6, 6.07) is 4.56. The quantitative estimate of drug-likeness (QED) is 0.142. The predicted molar refractivity (Wildman–Crippen MR) is 222 cm³/mol. The van der Waals surface area contributed by atoms with Gasteiger partial charge in [0, 0.05) is 63.7 Å². The van der Waals surface area contributed by atoms with E-state index in [1.165, 1.54) is 33.4 Å². The number of aromatic nitrogens is 4. The van der Waals surface area contributed by atoms with Crippen LogP contribution in [-0.4, -0.2) is 45.1 Å². The van der Waals surface area contributed by atoms with Crippen molar-refractivity contribution in [3.8, 4) is 0 Å². The number of nitrogens with one attached hydrogen (secondary N) is 2. The molecule has 2 aliphatic rings. The van der Waals surface area contributed by atoms with E-state index in [0.717, 1.165) is 107 Å². The van der Waals surface area contributed by atoms with E-state index in [-0.39, 0.29) is 30.2 Å². The third kappa shape index (κ3) is 7.81. The molecule has 3 aromatic heterocycles. The third-order valence-electron chi connectivity index (χ3n) is 11.7. The summed E-state index contributed by atoms with van der Waals surface area (Å²) in [5, 5.41) is 0. The number of H-pyrrole nitrogens is 2. The first-order valence-corrected chi connectivity index (χ1v) is 21.0. The Hall–Kier alpha value is -4.20. The van der Waals surface area contributed by atoms with Crippen LogP contribution in [0.3, 0.4) is 0 Å². The molecule has 2 N–H and O–H groups in total. The van der Waals surface area contributed by atoms with Gasteiger partial charge < -0.3 is 19.4 Å². The van der Waals surface area contributed by atoms with Crippen molar-refractivity contribution in [3.63, 3.8) is 0 Å². The molecule has 8 heteroatoms. The van der Waals surface area contributed by atoms with Crippen molar-refractivity contribution >= 4 is 45.2 Å². The van der Waals surface area contributed by atoms with Crippen LogP contribution >= 0.6 is 0 Å². The van der Waals surface area contributed by atoms with Crippen LogP contribution in [0.15, 0.2) is 12.1 Å². The molecule has 8 bridgehead atoms. The number of fused-ring (bicyclic) bond motifs is 8. The van der Waals surface area contributed by atoms with E-state index < -0.39 is 0 Å². The molecular formula is C46H64N4O4. The fourth-order valence-corrected chi connectivity index (χ4v) is 9.30. The summed E-state index contributed by atoms with van der Waals surface area (Å²) in [6.45, 7) is 22.3. The van der Waals surface area contributed by atoms with Gasteiger partial charge in [-0.2, -0.15) is 0 Å². The molecule has 2 atom stereocenters. The molecule has 8 nitrogen and oxygen atoms in total. The van der Waals surface area contributed by atoms with Gasteiger partial charge in [0.2, 0.25) is 0 Å². The molecule has 0 spiro atoms. The Kier molecular flexibility index (Phi) is 14.0. The van der Waals surface area contributed by atoms with Crippen LogP contribution in [0.2, 0.25) is 0 Å². The minimum atomic E-state index is -0.190. The molecule has 292 valence electrons. The average molecular weight is 737 g/mol. The molecule has 0 fully saturated rings. The van der Waals surface area contributed by atoms with Gasteiger partial charge in [-0.1, -0.05) is 55.4 Å². The van der Waals surface area contributed by atoms with Crippen LogP contribution in [0, 0.1) is 0 Å². The summed E-state index contributed by atoms with van der Waals surface area (Å²) in [7, 11) is 0. The van der Waals surface area contributed by atoms with Crippen molar-refractivity contribution in [2.75, 3.05) is 13.2 Å². The van der Waals surface area contributed by atoms with Gasteiger partial charge in [-0.05, 0) is 129 Å². The maximum Gasteiger partial charge on any atom is 0.306 e. The lowest BCUT2D eigenvalue weighted by molar-refractivity contribution is -0.144. The number of hydrogen-bond acceptors (Lipinski definition) is 6. The fourth-order valence-electron chi connectivity index (χ4n) is 9.30. The van der Waals surface area contributed by atoms with E-state index >= 15 is 0 Å². The predicted octanol–water partition coefficient (Wildman–Crippen LogP) is 11.0. The number of aromatic amines is 2. The highest BCUT2D eigenvalue weighted by atomic mass is 16.5. The van der Waals surface area contributed by atoms with Gasteiger partial charge in [-0.3, -0.25) is 14.6 Å². The Balaban J connectivity index is 2.06. The van der Waals surface area contributed by atoms with Crippen LogP contribution in [0.1, 0.15) is 176 Å². The van der Waals surface area contributed by atoms with Gasteiger partial charge in [-0.25, -0.2) is 4.98 Å². The summed E-state index contributed by atoms with van der Waals surface area (Å²) in [5.41, 5.74) is 18.3. The van der Waals surface area contributed by atoms with Crippen molar-refractivity contribution in [2.24, 2.45) is 0 Å². The van der Waals surface area contributed by atoms with Crippen molar-refractivity contribution in [1.29, 1.82) is 0 Å². The second-order valence-electron chi connectivity index (χ2n) is 14.5. The molecule has 5 rings (SSSR count). The number of rotatable bonds is 16. The van der Waals surface area contributed by atoms with Gasteiger partial charge in [-0.15, -0.1) is 0 Å². The molecule has 0 radical (unpaired) electrons. The zero-order valence-corrected chi connectivity index (χ0v) is 34.7. The number of carbonyl (C=O) groups excluding carboxylic acids is 2. The monoisotopic (exact) mass is 736 g/mol. The lowest BCUT2D eigenvalue weighted by Gasteiger charge is -2.19. The average Bonchev–Trinajstić information content (AvgIpc) is 3.91. The number of hydrogen-bond donors (Lipinski definition) is 2. The molecular weight excluding hydrogens is 673 g/mol. The van der Waals surface area contributed by atoms with Crippen molar-refractivity contribution in [1.82, 2.24) is 19.9 Å². The maximum atomic E-state index is 12.9. The SMILES string of the molecule is CCOC(=O)CCc1c2nc(cc3[nH]c(c(CCC(=O)OCC)c4nc(cc5[nH]c1c(CC)c5CC)C(CC)C4CC)c(CC)c3CC)C(CC)=C2CC. The van der Waals surface area contributed by atoms with Crippen LogP contribution < -0.4 is 0 Å². The zero-order chi connectivity index (χ0) is 39.1. The van der Waals surface area contributed by atoms with E-state index in [2.05, 4.69) is 77.5 Å². The molecule has 0 aromatic carbocycles. The van der Waals surface area contributed by atoms with E-state index in [0.29, 0.717) is 32.5 Å². The Morgan fingerprint density at radius 2 is 1.07 bits per heavy atom. The van der Waals surface area contributed by atoms with Gasteiger partial charge in [0.1, 0.15) is 0 Å². The van der Waals surface area contributed by atoms with Crippen LogP contribution in [0.5, 0.6) is 0 Å². The Bertz CT molecular complexity index is 2050. The first-order valence-electron chi connectivity index (χ1n) is 21.0. The second kappa shape index (κ2) is 18.4. The normalized spacial score (nSPS) is 15.6. The van der Waals surface area contributed by atoms with Gasteiger partial charge in [0.25, 0.3) is 0 Å². The van der Waals surface area contributed by atoms with Crippen molar-refractivity contribution < 1.29 is 19.1 Å². The Morgan fingerprint density at radius 1 is 0.574 bits per heavy atom. The molecule has 2 unspecified atom stereocenters. The Labute approximate surface area is 323 Å². The second-order valence-corrected chi connectivity index (χ2v) is 14.5. The largest absolute Gasteiger partial charge is 0.466 e. The van der Waals surface area contributed by atoms with E-state index in [4.69, 9.17) is 19.4 Å². The zero-order valence-electron chi connectivity index (χ0n) is 34.7. The lowest BCUT2D eigenvalue weighted by atomic mass is 9.83. The van der Waals surface area contributed by atoms with E-state index in [9.17, 15) is 9.59 Å². The number of carbonyl (C=O) groups is 2. The smallest absolute Gasteiger partial charge is 0.306 e. The van der Waals surface area contributed by atoms with Crippen LogP contribution in [-0.2, 0) is 57.6 Å². The minimum absolute atomic E-state index is 0.180. The first kappa shape index (κ1) is 41.0. The highest BCUT2D eigenvalue weighted by molar-refractivity contribution is 5.95. The highest BCUT2D eigenvalue weighted by Crippen LogP contribution is 2.45. The van der Waals surface area contributed by atoms with Crippen molar-refractivity contribution in [2.45, 2.75) is 158 Å². The standard InChI is InChI=1S/C46H64N4O4/c1-11-27-31(15-5)43-35(21-23-41(51)53-19-9)44-33(17-7)29(13-3)39(49-44)26-40-30(14-4)34(18-8)46(50-40)36(22-24-42(52)54-20-10)45-32(16-6)28(12-2)38(48-45)25-37(27)47-43/h25-27,31,48-49H,11-24H2,1-10H3. The van der Waals surface area contributed by atoms with E-state index in [1.807, 2.05) is 13.8 Å². The molecule has 0 aliphatic carbocycles. The highest BCUT2D eigenvalue weighted by Gasteiger charge is 2.33. The summed E-state index contributed by atoms with van der Waals surface area (Å²) in [5.74, 6) is 0.0842. The summed E-state index contributed by atoms with van der Waals surface area (Å²) < 4.78 is 10.9. The Morgan fingerprint density at radius 3 is 1.56 bits per heavy atom. The minimum Gasteiger partial charge on any atom is -0.466 e. The summed E-state index contributed by atoms with van der Waals surface area (Å²) >= 11 is 0. The van der Waals surface area contributed by atoms with E-state index in [1.54, 1.807) is 0 Å². The fraction of sp³-hybridized carbons (Fsp3) is 0.565. The molecule has 5 heterocycles. The van der Waals surface area contributed by atoms with Gasteiger partial charge in [0.15, 0.2) is 0 Å². The summed E-state index contributed by atoms with van der Waals surface area (Å²) in [6.07, 6.45) is 8.68. The third-order valence-corrected chi connectivity index (χ3v) is 11.7. The van der Waals surface area contributed by atoms with Crippen molar-refractivity contribution in [3.05, 3.63) is 68.3 Å².